The van der Waals surface area contributed by atoms with Gasteiger partial charge in [0.25, 0.3) is 0 Å². The van der Waals surface area contributed by atoms with Crippen LogP contribution in [0.1, 0.15) is 6.42 Å². The average Bonchev–Trinajstić information content (AvgIpc) is 2.37. The SMILES string of the molecule is CN(C)CCCN(C)S(=O)(=O)c1ccc([N+](=O)[O-])c(F)c1. The lowest BCUT2D eigenvalue weighted by Gasteiger charge is -2.18. The summed E-state index contributed by atoms with van der Waals surface area (Å²) in [7, 11) is 1.29. The van der Waals surface area contributed by atoms with Crippen LogP contribution < -0.4 is 0 Å². The summed E-state index contributed by atoms with van der Waals surface area (Å²) < 4.78 is 39.1. The molecule has 0 aromatic heterocycles. The largest absolute Gasteiger partial charge is 0.309 e. The molecule has 21 heavy (non-hydrogen) atoms. The summed E-state index contributed by atoms with van der Waals surface area (Å²) in [5, 5.41) is 10.5. The lowest BCUT2D eigenvalue weighted by molar-refractivity contribution is -0.387. The minimum atomic E-state index is -3.85. The van der Waals surface area contributed by atoms with Crippen molar-refractivity contribution in [3.63, 3.8) is 0 Å². The van der Waals surface area contributed by atoms with Crippen LogP contribution in [0.2, 0.25) is 0 Å². The van der Waals surface area contributed by atoms with Gasteiger partial charge in [-0.1, -0.05) is 0 Å². The van der Waals surface area contributed by atoms with Crippen LogP contribution in [0.4, 0.5) is 10.1 Å². The van der Waals surface area contributed by atoms with E-state index in [4.69, 9.17) is 0 Å². The van der Waals surface area contributed by atoms with Crippen molar-refractivity contribution in [3.05, 3.63) is 34.1 Å². The molecule has 0 saturated heterocycles. The van der Waals surface area contributed by atoms with Crippen molar-refractivity contribution in [3.8, 4) is 0 Å². The first kappa shape index (κ1) is 17.5. The highest BCUT2D eigenvalue weighted by Gasteiger charge is 2.24. The van der Waals surface area contributed by atoms with Crippen molar-refractivity contribution < 1.29 is 17.7 Å². The Morgan fingerprint density at radius 2 is 1.86 bits per heavy atom. The second kappa shape index (κ2) is 6.92. The van der Waals surface area contributed by atoms with E-state index in [-0.39, 0.29) is 11.4 Å². The van der Waals surface area contributed by atoms with E-state index >= 15 is 0 Å². The van der Waals surface area contributed by atoms with Crippen LogP contribution in [0.5, 0.6) is 0 Å². The van der Waals surface area contributed by atoms with Gasteiger partial charge in [-0.15, -0.1) is 0 Å². The first-order chi connectivity index (χ1) is 9.66. The van der Waals surface area contributed by atoms with Gasteiger partial charge < -0.3 is 4.90 Å². The molecule has 1 rings (SSSR count). The zero-order valence-corrected chi connectivity index (χ0v) is 12.9. The van der Waals surface area contributed by atoms with Gasteiger partial charge in [0.1, 0.15) is 0 Å². The number of nitrogens with zero attached hydrogens (tertiary/aromatic N) is 3. The van der Waals surface area contributed by atoms with E-state index in [0.717, 1.165) is 16.4 Å². The van der Waals surface area contributed by atoms with E-state index in [9.17, 15) is 22.9 Å². The molecule has 0 fully saturated rings. The fraction of sp³-hybridized carbons (Fsp3) is 0.500. The normalized spacial score (nSPS) is 12.1. The minimum absolute atomic E-state index is 0.277. The van der Waals surface area contributed by atoms with Crippen LogP contribution in [0.3, 0.4) is 0 Å². The van der Waals surface area contributed by atoms with Gasteiger partial charge in [0.05, 0.1) is 9.82 Å². The van der Waals surface area contributed by atoms with Crippen molar-refractivity contribution in [2.24, 2.45) is 0 Å². The molecule has 7 nitrogen and oxygen atoms in total. The van der Waals surface area contributed by atoms with Crippen molar-refractivity contribution >= 4 is 15.7 Å². The van der Waals surface area contributed by atoms with Crippen LogP contribution in [0, 0.1) is 15.9 Å². The van der Waals surface area contributed by atoms with E-state index in [2.05, 4.69) is 0 Å². The predicted molar refractivity (Wildman–Crippen MR) is 76.0 cm³/mol. The zero-order valence-electron chi connectivity index (χ0n) is 12.1. The molecule has 0 aliphatic heterocycles. The van der Waals surface area contributed by atoms with Crippen LogP contribution in [0.25, 0.3) is 0 Å². The summed E-state index contributed by atoms with van der Waals surface area (Å²) in [5.41, 5.74) is -0.746. The highest BCUT2D eigenvalue weighted by Crippen LogP contribution is 2.22. The predicted octanol–water partition coefficient (Wildman–Crippen LogP) is 1.31. The standard InChI is InChI=1S/C12H18FN3O4S/c1-14(2)7-4-8-15(3)21(19,20)10-5-6-12(16(17)18)11(13)9-10/h5-6,9H,4,7-8H2,1-3H3. The number of rotatable bonds is 7. The molecule has 0 amide bonds. The van der Waals surface area contributed by atoms with Crippen molar-refractivity contribution in [1.29, 1.82) is 0 Å². The van der Waals surface area contributed by atoms with Gasteiger partial charge in [0, 0.05) is 25.7 Å². The number of benzene rings is 1. The van der Waals surface area contributed by atoms with Crippen molar-refractivity contribution in [2.75, 3.05) is 34.2 Å². The highest BCUT2D eigenvalue weighted by molar-refractivity contribution is 7.89. The van der Waals surface area contributed by atoms with Gasteiger partial charge in [-0.05, 0) is 33.1 Å². The topological polar surface area (TPSA) is 83.8 Å². The first-order valence-corrected chi connectivity index (χ1v) is 7.65. The maximum Gasteiger partial charge on any atom is 0.304 e. The van der Waals surface area contributed by atoms with E-state index in [0.29, 0.717) is 19.0 Å². The first-order valence-electron chi connectivity index (χ1n) is 6.21. The number of sulfonamides is 1. The fourth-order valence-corrected chi connectivity index (χ4v) is 2.93. The summed E-state index contributed by atoms with van der Waals surface area (Å²) in [5.74, 6) is -1.16. The molecule has 0 unspecified atom stereocenters. The van der Waals surface area contributed by atoms with Gasteiger partial charge in [-0.2, -0.15) is 4.39 Å². The van der Waals surface area contributed by atoms with Crippen molar-refractivity contribution in [1.82, 2.24) is 9.21 Å². The molecule has 1 aromatic carbocycles. The molecule has 118 valence electrons. The number of hydrogen-bond donors (Lipinski definition) is 0. The monoisotopic (exact) mass is 319 g/mol. The molecule has 0 bridgehead atoms. The molecular formula is C12H18FN3O4S. The Morgan fingerprint density at radius 1 is 1.24 bits per heavy atom. The molecule has 0 atom stereocenters. The average molecular weight is 319 g/mol. The second-order valence-electron chi connectivity index (χ2n) is 4.85. The third kappa shape index (κ3) is 4.45. The Balaban J connectivity index is 2.92. The van der Waals surface area contributed by atoms with Gasteiger partial charge in [0.15, 0.2) is 0 Å². The summed E-state index contributed by atoms with van der Waals surface area (Å²) in [4.78, 5) is 11.3. The van der Waals surface area contributed by atoms with Crippen LogP contribution >= 0.6 is 0 Å². The highest BCUT2D eigenvalue weighted by atomic mass is 32.2. The quantitative estimate of drug-likeness (QED) is 0.559. The Kier molecular flexibility index (Phi) is 5.76. The van der Waals surface area contributed by atoms with Gasteiger partial charge in [-0.3, -0.25) is 10.1 Å². The molecule has 0 spiro atoms. The second-order valence-corrected chi connectivity index (χ2v) is 6.90. The summed E-state index contributed by atoms with van der Waals surface area (Å²) >= 11 is 0. The molecule has 0 N–H and O–H groups in total. The van der Waals surface area contributed by atoms with Gasteiger partial charge >= 0.3 is 5.69 Å². The van der Waals surface area contributed by atoms with E-state index in [1.807, 2.05) is 19.0 Å². The van der Waals surface area contributed by atoms with Crippen LogP contribution in [-0.4, -0.2) is 56.8 Å². The number of hydrogen-bond acceptors (Lipinski definition) is 5. The lowest BCUT2D eigenvalue weighted by atomic mass is 10.3. The molecular weight excluding hydrogens is 301 g/mol. The summed E-state index contributed by atoms with van der Waals surface area (Å²) in [6.45, 7) is 0.994. The van der Waals surface area contributed by atoms with Crippen LogP contribution in [0.15, 0.2) is 23.1 Å². The fourth-order valence-electron chi connectivity index (χ4n) is 1.71. The number of nitro groups is 1. The summed E-state index contributed by atoms with van der Waals surface area (Å²) in [6, 6.07) is 2.57. The van der Waals surface area contributed by atoms with Gasteiger partial charge in [0.2, 0.25) is 15.8 Å². The summed E-state index contributed by atoms with van der Waals surface area (Å²) in [6.07, 6.45) is 0.623. The third-order valence-corrected chi connectivity index (χ3v) is 4.76. The van der Waals surface area contributed by atoms with Crippen molar-refractivity contribution in [2.45, 2.75) is 11.3 Å². The Morgan fingerprint density at radius 3 is 2.33 bits per heavy atom. The minimum Gasteiger partial charge on any atom is -0.309 e. The lowest BCUT2D eigenvalue weighted by Crippen LogP contribution is -2.30. The molecule has 0 heterocycles. The smallest absolute Gasteiger partial charge is 0.304 e. The van der Waals surface area contributed by atoms with E-state index in [1.54, 1.807) is 0 Å². The maximum absolute atomic E-state index is 13.5. The van der Waals surface area contributed by atoms with E-state index < -0.39 is 26.5 Å². The maximum atomic E-state index is 13.5. The molecule has 0 radical (unpaired) electrons. The zero-order chi connectivity index (χ0) is 16.2. The molecule has 1 aromatic rings. The Labute approximate surface area is 123 Å². The van der Waals surface area contributed by atoms with Gasteiger partial charge in [-0.25, -0.2) is 12.7 Å². The third-order valence-electron chi connectivity index (χ3n) is 2.90. The molecule has 0 aliphatic rings. The number of halogens is 1. The Hall–Kier alpha value is -1.58. The van der Waals surface area contributed by atoms with E-state index in [1.165, 1.54) is 7.05 Å². The van der Waals surface area contributed by atoms with Crippen LogP contribution in [-0.2, 0) is 10.0 Å². The number of nitro benzene ring substituents is 1. The molecule has 9 heteroatoms. The Bertz CT molecular complexity index is 619. The molecule has 0 saturated carbocycles. The molecule has 0 aliphatic carbocycles.